The van der Waals surface area contributed by atoms with Crippen molar-refractivity contribution in [3.05, 3.63) is 41.9 Å². The molecule has 1 aromatic rings. The first-order valence-corrected chi connectivity index (χ1v) is 6.59. The summed E-state index contributed by atoms with van der Waals surface area (Å²) in [6, 6.07) is 7.32. The maximum Gasteiger partial charge on any atom is 0.377 e. The number of aryl methyl sites for hydroxylation is 1. The Morgan fingerprint density at radius 2 is 1.95 bits per heavy atom. The quantitative estimate of drug-likeness (QED) is 0.856. The van der Waals surface area contributed by atoms with Crippen LogP contribution in [0.25, 0.3) is 0 Å². The summed E-state index contributed by atoms with van der Waals surface area (Å²) in [6.45, 7) is 4.12. The van der Waals surface area contributed by atoms with E-state index in [2.05, 4.69) is 5.32 Å². The number of hydrogen-bond donors (Lipinski definition) is 1. The molecule has 0 aromatic heterocycles. The summed E-state index contributed by atoms with van der Waals surface area (Å²) >= 11 is 0. The minimum atomic E-state index is -0.940. The number of esters is 1. The van der Waals surface area contributed by atoms with Crippen LogP contribution >= 0.6 is 0 Å². The van der Waals surface area contributed by atoms with E-state index in [0.717, 1.165) is 5.56 Å². The molecule has 1 amide bonds. The molecule has 1 N–H and O–H groups in total. The Labute approximate surface area is 122 Å². The molecule has 0 radical (unpaired) electrons. The number of nitrogens with one attached hydrogen (secondary N) is 1. The predicted octanol–water partition coefficient (Wildman–Crippen LogP) is 1.75. The van der Waals surface area contributed by atoms with Crippen LogP contribution in [0.3, 0.4) is 0 Å². The molecule has 0 saturated carbocycles. The van der Waals surface area contributed by atoms with Gasteiger partial charge in [-0.2, -0.15) is 0 Å². The van der Waals surface area contributed by atoms with E-state index in [1.165, 1.54) is 13.2 Å². The van der Waals surface area contributed by atoms with Crippen LogP contribution in [-0.4, -0.2) is 31.2 Å². The van der Waals surface area contributed by atoms with Gasteiger partial charge in [0, 0.05) is 5.69 Å². The van der Waals surface area contributed by atoms with E-state index in [4.69, 9.17) is 14.2 Å². The standard InChI is InChI=1S/C15H17NO5/c1-10-3-5-12(6-4-10)16-14(17)11(2)21-15(18)13-9-19-7-8-20-13/h3-6,9,11H,7-8H2,1-2H3,(H,16,17)/t11-/m0/s1. The summed E-state index contributed by atoms with van der Waals surface area (Å²) in [5, 5.41) is 2.67. The summed E-state index contributed by atoms with van der Waals surface area (Å²) in [7, 11) is 0. The van der Waals surface area contributed by atoms with Gasteiger partial charge in [0.2, 0.25) is 5.76 Å². The Kier molecular flexibility index (Phi) is 4.81. The second-order valence-corrected chi connectivity index (χ2v) is 4.60. The van der Waals surface area contributed by atoms with Gasteiger partial charge in [0.25, 0.3) is 5.91 Å². The number of amides is 1. The lowest BCUT2D eigenvalue weighted by molar-refractivity contribution is -0.153. The lowest BCUT2D eigenvalue weighted by atomic mass is 10.2. The van der Waals surface area contributed by atoms with Crippen molar-refractivity contribution in [1.82, 2.24) is 0 Å². The smallest absolute Gasteiger partial charge is 0.377 e. The third kappa shape index (κ3) is 4.24. The van der Waals surface area contributed by atoms with Crippen LogP contribution in [0.4, 0.5) is 5.69 Å². The first-order valence-electron chi connectivity index (χ1n) is 6.59. The van der Waals surface area contributed by atoms with Crippen molar-refractivity contribution in [2.45, 2.75) is 20.0 Å². The number of carbonyl (C=O) groups is 2. The van der Waals surface area contributed by atoms with Crippen molar-refractivity contribution in [3.8, 4) is 0 Å². The fourth-order valence-corrected chi connectivity index (χ4v) is 1.63. The van der Waals surface area contributed by atoms with Gasteiger partial charge in [-0.15, -0.1) is 0 Å². The topological polar surface area (TPSA) is 73.9 Å². The summed E-state index contributed by atoms with van der Waals surface area (Å²) in [5.74, 6) is -1.16. The number of hydrogen-bond acceptors (Lipinski definition) is 5. The van der Waals surface area contributed by atoms with Crippen molar-refractivity contribution in [1.29, 1.82) is 0 Å². The van der Waals surface area contributed by atoms with Gasteiger partial charge in [-0.25, -0.2) is 4.79 Å². The molecule has 0 spiro atoms. The molecule has 0 saturated heterocycles. The van der Waals surface area contributed by atoms with Gasteiger partial charge >= 0.3 is 5.97 Å². The zero-order valence-electron chi connectivity index (χ0n) is 11.9. The van der Waals surface area contributed by atoms with E-state index in [1.54, 1.807) is 12.1 Å². The molecule has 0 unspecified atom stereocenters. The normalized spacial score (nSPS) is 15.0. The van der Waals surface area contributed by atoms with Crippen molar-refractivity contribution in [2.75, 3.05) is 18.5 Å². The Hall–Kier alpha value is -2.50. The van der Waals surface area contributed by atoms with Gasteiger partial charge < -0.3 is 19.5 Å². The molecule has 2 rings (SSSR count). The van der Waals surface area contributed by atoms with E-state index in [9.17, 15) is 9.59 Å². The van der Waals surface area contributed by atoms with E-state index in [1.807, 2.05) is 19.1 Å². The average Bonchev–Trinajstić information content (AvgIpc) is 2.50. The fourth-order valence-electron chi connectivity index (χ4n) is 1.63. The predicted molar refractivity (Wildman–Crippen MR) is 75.3 cm³/mol. The van der Waals surface area contributed by atoms with Gasteiger partial charge in [0.15, 0.2) is 6.10 Å². The monoisotopic (exact) mass is 291 g/mol. The van der Waals surface area contributed by atoms with E-state index in [-0.39, 0.29) is 12.4 Å². The van der Waals surface area contributed by atoms with Gasteiger partial charge in [-0.05, 0) is 26.0 Å². The molecule has 112 valence electrons. The summed E-state index contributed by atoms with van der Waals surface area (Å²) in [6.07, 6.45) is 0.251. The number of carbonyl (C=O) groups excluding carboxylic acids is 2. The highest BCUT2D eigenvalue weighted by atomic mass is 16.6. The molecule has 21 heavy (non-hydrogen) atoms. The summed E-state index contributed by atoms with van der Waals surface area (Å²) < 4.78 is 15.1. The molecular formula is C15H17NO5. The first-order chi connectivity index (χ1) is 10.1. The molecule has 1 atom stereocenters. The Morgan fingerprint density at radius 1 is 1.24 bits per heavy atom. The van der Waals surface area contributed by atoms with Gasteiger partial charge in [0.05, 0.1) is 0 Å². The highest BCUT2D eigenvalue weighted by molar-refractivity contribution is 5.96. The molecule has 6 nitrogen and oxygen atoms in total. The molecule has 0 aliphatic carbocycles. The van der Waals surface area contributed by atoms with Crippen LogP contribution in [0.2, 0.25) is 0 Å². The van der Waals surface area contributed by atoms with Gasteiger partial charge in [-0.3, -0.25) is 4.79 Å². The van der Waals surface area contributed by atoms with Crippen LogP contribution in [-0.2, 0) is 23.8 Å². The van der Waals surface area contributed by atoms with Crippen LogP contribution in [0.5, 0.6) is 0 Å². The lowest BCUT2D eigenvalue weighted by Crippen LogP contribution is -2.31. The highest BCUT2D eigenvalue weighted by Gasteiger charge is 2.23. The fraction of sp³-hybridized carbons (Fsp3) is 0.333. The lowest BCUT2D eigenvalue weighted by Gasteiger charge is -2.17. The molecule has 1 aromatic carbocycles. The largest absolute Gasteiger partial charge is 0.493 e. The highest BCUT2D eigenvalue weighted by Crippen LogP contribution is 2.11. The molecular weight excluding hydrogens is 274 g/mol. The van der Waals surface area contributed by atoms with Crippen molar-refractivity contribution >= 4 is 17.6 Å². The van der Waals surface area contributed by atoms with Crippen LogP contribution in [0, 0.1) is 6.92 Å². The average molecular weight is 291 g/mol. The molecule has 1 aliphatic rings. The molecule has 1 aliphatic heterocycles. The van der Waals surface area contributed by atoms with Gasteiger partial charge in [0.1, 0.15) is 19.5 Å². The number of ether oxygens (including phenoxy) is 3. The third-order valence-corrected chi connectivity index (χ3v) is 2.82. The Balaban J connectivity index is 1.88. The second-order valence-electron chi connectivity index (χ2n) is 4.60. The first kappa shape index (κ1) is 14.9. The van der Waals surface area contributed by atoms with Crippen LogP contribution in [0.15, 0.2) is 36.3 Å². The van der Waals surface area contributed by atoms with E-state index >= 15 is 0 Å². The molecule has 1 heterocycles. The van der Waals surface area contributed by atoms with Gasteiger partial charge in [-0.1, -0.05) is 17.7 Å². The summed E-state index contributed by atoms with van der Waals surface area (Å²) in [5.41, 5.74) is 1.74. The summed E-state index contributed by atoms with van der Waals surface area (Å²) in [4.78, 5) is 23.7. The maximum atomic E-state index is 11.9. The molecule has 6 heteroatoms. The third-order valence-electron chi connectivity index (χ3n) is 2.82. The Morgan fingerprint density at radius 3 is 2.57 bits per heavy atom. The molecule has 0 fully saturated rings. The van der Waals surface area contributed by atoms with Crippen molar-refractivity contribution in [3.63, 3.8) is 0 Å². The minimum absolute atomic E-state index is 0.0313. The van der Waals surface area contributed by atoms with Crippen molar-refractivity contribution in [2.24, 2.45) is 0 Å². The zero-order chi connectivity index (χ0) is 15.2. The van der Waals surface area contributed by atoms with E-state index in [0.29, 0.717) is 12.3 Å². The number of anilines is 1. The maximum absolute atomic E-state index is 11.9. The number of benzene rings is 1. The van der Waals surface area contributed by atoms with Crippen LogP contribution in [0.1, 0.15) is 12.5 Å². The van der Waals surface area contributed by atoms with E-state index < -0.39 is 18.0 Å². The Bertz CT molecular complexity index is 550. The number of rotatable bonds is 4. The SMILES string of the molecule is Cc1ccc(NC(=O)[C@H](C)OC(=O)C2=COCCO2)cc1. The molecule has 0 bridgehead atoms. The van der Waals surface area contributed by atoms with Crippen molar-refractivity contribution < 1.29 is 23.8 Å². The zero-order valence-corrected chi connectivity index (χ0v) is 11.9. The minimum Gasteiger partial charge on any atom is -0.493 e. The van der Waals surface area contributed by atoms with Crippen LogP contribution < -0.4 is 5.32 Å². The second kappa shape index (κ2) is 6.78.